The van der Waals surface area contributed by atoms with Gasteiger partial charge in [-0.25, -0.2) is 13.2 Å². The van der Waals surface area contributed by atoms with Crippen LogP contribution in [0.5, 0.6) is 0 Å². The molecule has 0 saturated heterocycles. The van der Waals surface area contributed by atoms with Crippen LogP contribution in [0.25, 0.3) is 0 Å². The van der Waals surface area contributed by atoms with Gasteiger partial charge in [-0.2, -0.15) is 0 Å². The third kappa shape index (κ3) is 3.00. The molecule has 2 aromatic heterocycles. The van der Waals surface area contributed by atoms with Crippen LogP contribution in [-0.4, -0.2) is 24.5 Å². The van der Waals surface area contributed by atoms with Gasteiger partial charge in [0.05, 0.1) is 21.2 Å². The Balaban J connectivity index is 2.44. The van der Waals surface area contributed by atoms with Crippen molar-refractivity contribution in [3.8, 4) is 0 Å². The second-order valence-electron chi connectivity index (χ2n) is 3.80. The van der Waals surface area contributed by atoms with E-state index < -0.39 is 16.0 Å². The van der Waals surface area contributed by atoms with Gasteiger partial charge >= 0.3 is 5.97 Å². The number of carboxylic acids is 1. The maximum Gasteiger partial charge on any atom is 0.337 e. The quantitative estimate of drug-likeness (QED) is 0.854. The Morgan fingerprint density at radius 3 is 2.75 bits per heavy atom. The molecule has 0 aliphatic carbocycles. The number of hydrogen-bond acceptors (Lipinski definition) is 5. The Bertz CT molecular complexity index is 770. The van der Waals surface area contributed by atoms with Crippen LogP contribution in [0.1, 0.15) is 15.2 Å². The zero-order valence-corrected chi connectivity index (χ0v) is 13.3. The van der Waals surface area contributed by atoms with Crippen LogP contribution < -0.4 is 4.72 Å². The molecule has 0 atom stereocenters. The largest absolute Gasteiger partial charge is 0.478 e. The number of pyridine rings is 1. The second kappa shape index (κ2) is 5.51. The number of rotatable bonds is 4. The number of nitrogens with one attached hydrogen (secondary N) is 1. The van der Waals surface area contributed by atoms with Crippen molar-refractivity contribution in [2.75, 3.05) is 4.72 Å². The summed E-state index contributed by atoms with van der Waals surface area (Å²) in [5, 5.41) is 9.02. The molecule has 0 aliphatic rings. The van der Waals surface area contributed by atoms with Gasteiger partial charge in [0.25, 0.3) is 10.0 Å². The van der Waals surface area contributed by atoms with Crippen molar-refractivity contribution >= 4 is 48.9 Å². The van der Waals surface area contributed by atoms with Crippen molar-refractivity contribution in [2.45, 2.75) is 11.8 Å². The van der Waals surface area contributed by atoms with E-state index >= 15 is 0 Å². The average Bonchev–Trinajstić information content (AvgIpc) is 2.69. The van der Waals surface area contributed by atoms with Gasteiger partial charge in [-0.1, -0.05) is 0 Å². The molecular weight excluding hydrogens is 368 g/mol. The minimum Gasteiger partial charge on any atom is -0.478 e. The molecule has 2 heterocycles. The van der Waals surface area contributed by atoms with Gasteiger partial charge in [0.1, 0.15) is 4.90 Å². The number of carbonyl (C=O) groups is 1. The first-order valence-electron chi connectivity index (χ1n) is 5.27. The third-order valence-corrected chi connectivity index (χ3v) is 5.60. The van der Waals surface area contributed by atoms with Crippen LogP contribution in [0.4, 0.5) is 5.69 Å². The highest BCUT2D eigenvalue weighted by atomic mass is 79.9. The van der Waals surface area contributed by atoms with Gasteiger partial charge in [0, 0.05) is 11.1 Å². The normalized spacial score (nSPS) is 11.3. The summed E-state index contributed by atoms with van der Waals surface area (Å²) >= 11 is 4.50. The maximum atomic E-state index is 12.3. The first-order chi connectivity index (χ1) is 9.31. The predicted octanol–water partition coefficient (Wildman–Crippen LogP) is 2.71. The number of carboxylic acid groups (broad SMARTS) is 1. The molecule has 0 spiro atoms. The first-order valence-corrected chi connectivity index (χ1v) is 8.36. The molecule has 0 aromatic carbocycles. The van der Waals surface area contributed by atoms with Crippen molar-refractivity contribution in [3.63, 3.8) is 0 Å². The lowest BCUT2D eigenvalue weighted by Gasteiger charge is -2.09. The summed E-state index contributed by atoms with van der Waals surface area (Å²) in [6, 6.07) is 2.70. The van der Waals surface area contributed by atoms with Gasteiger partial charge in [0.2, 0.25) is 0 Å². The number of aryl methyl sites for hydroxylation is 1. The van der Waals surface area contributed by atoms with E-state index in [-0.39, 0.29) is 16.1 Å². The van der Waals surface area contributed by atoms with Crippen molar-refractivity contribution in [1.29, 1.82) is 0 Å². The predicted molar refractivity (Wildman–Crippen MR) is 78.8 cm³/mol. The van der Waals surface area contributed by atoms with E-state index in [0.29, 0.717) is 8.66 Å². The van der Waals surface area contributed by atoms with E-state index in [0.717, 1.165) is 6.20 Å². The summed E-state index contributed by atoms with van der Waals surface area (Å²) in [6.07, 6.45) is 2.45. The molecule has 106 valence electrons. The molecule has 0 saturated carbocycles. The highest BCUT2D eigenvalue weighted by molar-refractivity contribution is 9.11. The number of halogens is 1. The molecule has 0 aliphatic heterocycles. The summed E-state index contributed by atoms with van der Waals surface area (Å²) in [7, 11) is -3.85. The molecule has 20 heavy (non-hydrogen) atoms. The number of thiophene rings is 1. The molecule has 2 aromatic rings. The lowest BCUT2D eigenvalue weighted by molar-refractivity contribution is 0.0698. The summed E-state index contributed by atoms with van der Waals surface area (Å²) in [6.45, 7) is 1.67. The Labute approximate surface area is 127 Å². The van der Waals surface area contributed by atoms with E-state index in [9.17, 15) is 13.2 Å². The molecule has 0 unspecified atom stereocenters. The standard InChI is InChI=1S/C11H9BrN2O4S2/c1-6-9(4-10(12)19-6)20(17,18)14-8-5-13-3-2-7(8)11(15)16/h2-5,14H,1H3,(H,15,16). The zero-order chi connectivity index (χ0) is 14.9. The van der Waals surface area contributed by atoms with Crippen LogP contribution in [0.2, 0.25) is 0 Å². The van der Waals surface area contributed by atoms with Crippen molar-refractivity contribution in [2.24, 2.45) is 0 Å². The minimum absolute atomic E-state index is 0.0678. The molecule has 0 fully saturated rings. The number of hydrogen-bond donors (Lipinski definition) is 2. The van der Waals surface area contributed by atoms with E-state index in [1.165, 1.54) is 29.7 Å². The SMILES string of the molecule is Cc1sc(Br)cc1S(=O)(=O)Nc1cnccc1C(=O)O. The van der Waals surface area contributed by atoms with Gasteiger partial charge in [-0.3, -0.25) is 9.71 Å². The maximum absolute atomic E-state index is 12.3. The molecule has 9 heteroatoms. The number of aromatic nitrogens is 1. The van der Waals surface area contributed by atoms with Gasteiger partial charge in [0.15, 0.2) is 0 Å². The zero-order valence-electron chi connectivity index (χ0n) is 10.1. The third-order valence-electron chi connectivity index (χ3n) is 2.43. The van der Waals surface area contributed by atoms with Crippen LogP contribution in [0.15, 0.2) is 33.2 Å². The van der Waals surface area contributed by atoms with E-state index in [1.54, 1.807) is 6.92 Å². The smallest absolute Gasteiger partial charge is 0.337 e. The van der Waals surface area contributed by atoms with E-state index in [4.69, 9.17) is 5.11 Å². The molecule has 2 N–H and O–H groups in total. The van der Waals surface area contributed by atoms with E-state index in [2.05, 4.69) is 25.6 Å². The topological polar surface area (TPSA) is 96.4 Å². The van der Waals surface area contributed by atoms with Crippen molar-refractivity contribution in [1.82, 2.24) is 4.98 Å². The fraction of sp³-hybridized carbons (Fsp3) is 0.0909. The molecule has 0 radical (unpaired) electrons. The fourth-order valence-corrected chi connectivity index (χ4v) is 5.04. The van der Waals surface area contributed by atoms with Crippen LogP contribution >= 0.6 is 27.3 Å². The summed E-state index contributed by atoms with van der Waals surface area (Å²) in [5.74, 6) is -1.23. The fourth-order valence-electron chi connectivity index (χ4n) is 1.56. The molecule has 0 amide bonds. The van der Waals surface area contributed by atoms with Crippen LogP contribution in [-0.2, 0) is 10.0 Å². The Morgan fingerprint density at radius 1 is 1.50 bits per heavy atom. The Morgan fingerprint density at radius 2 is 2.20 bits per heavy atom. The lowest BCUT2D eigenvalue weighted by Crippen LogP contribution is -2.16. The molecule has 2 rings (SSSR count). The highest BCUT2D eigenvalue weighted by Crippen LogP contribution is 2.31. The number of sulfonamides is 1. The van der Waals surface area contributed by atoms with Crippen LogP contribution in [0.3, 0.4) is 0 Å². The summed E-state index contributed by atoms with van der Waals surface area (Å²) in [4.78, 5) is 15.5. The summed E-state index contributed by atoms with van der Waals surface area (Å²) in [5.41, 5.74) is -0.225. The van der Waals surface area contributed by atoms with Gasteiger partial charge < -0.3 is 5.11 Å². The summed E-state index contributed by atoms with van der Waals surface area (Å²) < 4.78 is 27.5. The van der Waals surface area contributed by atoms with E-state index in [1.807, 2.05) is 0 Å². The highest BCUT2D eigenvalue weighted by Gasteiger charge is 2.22. The molecular formula is C11H9BrN2O4S2. The first kappa shape index (κ1) is 14.9. The monoisotopic (exact) mass is 376 g/mol. The second-order valence-corrected chi connectivity index (χ2v) is 8.09. The molecule has 0 bridgehead atoms. The van der Waals surface area contributed by atoms with Crippen molar-refractivity contribution in [3.05, 3.63) is 38.8 Å². The van der Waals surface area contributed by atoms with Gasteiger partial charge in [-0.15, -0.1) is 11.3 Å². The minimum atomic E-state index is -3.85. The number of nitrogens with zero attached hydrogens (tertiary/aromatic N) is 1. The number of anilines is 1. The average molecular weight is 377 g/mol. The Kier molecular flexibility index (Phi) is 4.11. The van der Waals surface area contributed by atoms with Gasteiger partial charge in [-0.05, 0) is 35.0 Å². The van der Waals surface area contributed by atoms with Crippen LogP contribution in [0, 0.1) is 6.92 Å². The molecule has 6 nitrogen and oxygen atoms in total. The lowest BCUT2D eigenvalue weighted by atomic mass is 10.2. The Hall–Kier alpha value is -1.45. The number of aromatic carboxylic acids is 1. The van der Waals surface area contributed by atoms with Crippen molar-refractivity contribution < 1.29 is 18.3 Å².